The third-order valence-corrected chi connectivity index (χ3v) is 2.63. The number of ether oxygens (including phenoxy) is 2. The Labute approximate surface area is 94.3 Å². The van der Waals surface area contributed by atoms with Crippen molar-refractivity contribution >= 4 is 11.7 Å². The van der Waals surface area contributed by atoms with E-state index in [9.17, 15) is 4.79 Å². The number of hydrogen-bond acceptors (Lipinski definition) is 4. The maximum Gasteiger partial charge on any atom is 0.340 e. The molecule has 86 valence electrons. The number of benzene rings is 1. The van der Waals surface area contributed by atoms with Crippen LogP contribution in [0.1, 0.15) is 23.2 Å². The lowest BCUT2D eigenvalue weighted by Crippen LogP contribution is -2.10. The maximum atomic E-state index is 11.7. The van der Waals surface area contributed by atoms with Crippen LogP contribution in [0.2, 0.25) is 0 Å². The third kappa shape index (κ3) is 2.45. The zero-order valence-electron chi connectivity index (χ0n) is 9.23. The van der Waals surface area contributed by atoms with E-state index in [1.165, 1.54) is 0 Å². The molecule has 0 radical (unpaired) electrons. The summed E-state index contributed by atoms with van der Waals surface area (Å²) in [6.45, 7) is 0.496. The van der Waals surface area contributed by atoms with E-state index in [1.54, 1.807) is 25.3 Å². The highest BCUT2D eigenvalue weighted by molar-refractivity contribution is 5.95. The molecule has 4 heteroatoms. The fourth-order valence-electron chi connectivity index (χ4n) is 1.39. The zero-order valence-corrected chi connectivity index (χ0v) is 9.23. The van der Waals surface area contributed by atoms with Crippen LogP contribution in [-0.2, 0) is 4.74 Å². The summed E-state index contributed by atoms with van der Waals surface area (Å²) in [7, 11) is 1.55. The van der Waals surface area contributed by atoms with E-state index in [0.717, 1.165) is 12.8 Å². The van der Waals surface area contributed by atoms with Crippen LogP contribution in [0.15, 0.2) is 18.2 Å². The number of methoxy groups -OCH3 is 1. The van der Waals surface area contributed by atoms with Crippen molar-refractivity contribution < 1.29 is 14.3 Å². The number of rotatable bonds is 4. The molecule has 1 saturated carbocycles. The van der Waals surface area contributed by atoms with Crippen molar-refractivity contribution in [2.24, 2.45) is 5.92 Å². The van der Waals surface area contributed by atoms with Crippen molar-refractivity contribution in [1.82, 2.24) is 0 Å². The van der Waals surface area contributed by atoms with Gasteiger partial charge in [-0.15, -0.1) is 0 Å². The molecule has 0 aliphatic heterocycles. The molecular weight excluding hydrogens is 206 g/mol. The van der Waals surface area contributed by atoms with Gasteiger partial charge in [0.15, 0.2) is 0 Å². The number of carbonyl (C=O) groups is 1. The Morgan fingerprint density at radius 3 is 2.88 bits per heavy atom. The van der Waals surface area contributed by atoms with E-state index in [1.807, 2.05) is 0 Å². The number of hydrogen-bond donors (Lipinski definition) is 1. The minimum Gasteiger partial charge on any atom is -0.497 e. The first-order valence-electron chi connectivity index (χ1n) is 5.31. The van der Waals surface area contributed by atoms with Crippen LogP contribution < -0.4 is 10.5 Å². The van der Waals surface area contributed by atoms with Crippen molar-refractivity contribution in [1.29, 1.82) is 0 Å². The Morgan fingerprint density at radius 1 is 1.50 bits per heavy atom. The molecule has 0 bridgehead atoms. The summed E-state index contributed by atoms with van der Waals surface area (Å²) in [5.41, 5.74) is 6.50. The van der Waals surface area contributed by atoms with Crippen LogP contribution in [0, 0.1) is 5.92 Å². The summed E-state index contributed by atoms with van der Waals surface area (Å²) in [6.07, 6.45) is 2.31. The van der Waals surface area contributed by atoms with Gasteiger partial charge in [-0.1, -0.05) is 0 Å². The molecular formula is C12H15NO3. The predicted octanol–water partition coefficient (Wildman–Crippen LogP) is 1.84. The number of carbonyl (C=O) groups excluding carboxylic acids is 1. The fraction of sp³-hybridized carbons (Fsp3) is 0.417. The van der Waals surface area contributed by atoms with Crippen molar-refractivity contribution in [3.05, 3.63) is 23.8 Å². The normalized spacial score (nSPS) is 14.6. The standard InChI is InChI=1S/C12H15NO3/c1-15-9-4-5-11(13)10(6-9)12(14)16-7-8-2-3-8/h4-6,8H,2-3,7,13H2,1H3. The largest absolute Gasteiger partial charge is 0.497 e. The Balaban J connectivity index is 2.07. The summed E-state index contributed by atoms with van der Waals surface area (Å²) in [5, 5.41) is 0. The lowest BCUT2D eigenvalue weighted by atomic mass is 10.2. The third-order valence-electron chi connectivity index (χ3n) is 2.63. The molecule has 0 spiro atoms. The summed E-state index contributed by atoms with van der Waals surface area (Å²) >= 11 is 0. The lowest BCUT2D eigenvalue weighted by Gasteiger charge is -2.08. The Kier molecular flexibility index (Phi) is 2.99. The van der Waals surface area contributed by atoms with Gasteiger partial charge in [0.25, 0.3) is 0 Å². The summed E-state index contributed by atoms with van der Waals surface area (Å²) in [6, 6.07) is 4.96. The van der Waals surface area contributed by atoms with Gasteiger partial charge >= 0.3 is 5.97 Å². The molecule has 1 aliphatic carbocycles. The molecule has 4 nitrogen and oxygen atoms in total. The minimum atomic E-state index is -0.372. The van der Waals surface area contributed by atoms with Crippen molar-refractivity contribution in [2.45, 2.75) is 12.8 Å². The quantitative estimate of drug-likeness (QED) is 0.622. The molecule has 0 saturated heterocycles. The number of nitrogens with two attached hydrogens (primary N) is 1. The first kappa shape index (κ1) is 10.8. The van der Waals surface area contributed by atoms with Gasteiger partial charge in [0, 0.05) is 5.69 Å². The van der Waals surface area contributed by atoms with E-state index in [-0.39, 0.29) is 5.97 Å². The Bertz CT molecular complexity index is 399. The smallest absolute Gasteiger partial charge is 0.340 e. The van der Waals surface area contributed by atoms with E-state index in [4.69, 9.17) is 15.2 Å². The molecule has 0 amide bonds. The lowest BCUT2D eigenvalue weighted by molar-refractivity contribution is 0.0487. The highest BCUT2D eigenvalue weighted by Gasteiger charge is 2.24. The van der Waals surface area contributed by atoms with Crippen molar-refractivity contribution in [3.63, 3.8) is 0 Å². The second kappa shape index (κ2) is 4.43. The predicted molar refractivity (Wildman–Crippen MR) is 60.4 cm³/mol. The molecule has 0 aromatic heterocycles. The van der Waals surface area contributed by atoms with Gasteiger partial charge in [-0.3, -0.25) is 0 Å². The molecule has 1 aliphatic rings. The molecule has 1 aromatic carbocycles. The summed E-state index contributed by atoms with van der Waals surface area (Å²) in [4.78, 5) is 11.7. The molecule has 1 aromatic rings. The van der Waals surface area contributed by atoms with Gasteiger partial charge < -0.3 is 15.2 Å². The van der Waals surface area contributed by atoms with Crippen LogP contribution in [0.25, 0.3) is 0 Å². The summed E-state index contributed by atoms with van der Waals surface area (Å²) < 4.78 is 10.2. The van der Waals surface area contributed by atoms with Crippen LogP contribution in [0.3, 0.4) is 0 Å². The van der Waals surface area contributed by atoms with Gasteiger partial charge in [0.05, 0.1) is 19.3 Å². The van der Waals surface area contributed by atoms with E-state index in [2.05, 4.69) is 0 Å². The molecule has 0 unspecified atom stereocenters. The van der Waals surface area contributed by atoms with Crippen molar-refractivity contribution in [3.8, 4) is 5.75 Å². The van der Waals surface area contributed by atoms with Crippen LogP contribution in [0.4, 0.5) is 5.69 Å². The molecule has 2 rings (SSSR count). The molecule has 2 N–H and O–H groups in total. The Hall–Kier alpha value is -1.71. The van der Waals surface area contributed by atoms with E-state index >= 15 is 0 Å². The SMILES string of the molecule is COc1ccc(N)c(C(=O)OCC2CC2)c1. The number of anilines is 1. The summed E-state index contributed by atoms with van der Waals surface area (Å²) in [5.74, 6) is 0.784. The Morgan fingerprint density at radius 2 is 2.25 bits per heavy atom. The monoisotopic (exact) mass is 221 g/mol. The topological polar surface area (TPSA) is 61.5 Å². The first-order valence-corrected chi connectivity index (χ1v) is 5.31. The first-order chi connectivity index (χ1) is 7.70. The average Bonchev–Trinajstić information content (AvgIpc) is 3.10. The fourth-order valence-corrected chi connectivity index (χ4v) is 1.39. The second-order valence-corrected chi connectivity index (χ2v) is 4.00. The van der Waals surface area contributed by atoms with Crippen LogP contribution in [0.5, 0.6) is 5.75 Å². The van der Waals surface area contributed by atoms with Crippen molar-refractivity contribution in [2.75, 3.05) is 19.5 Å². The maximum absolute atomic E-state index is 11.7. The highest BCUT2D eigenvalue weighted by Crippen LogP contribution is 2.29. The van der Waals surface area contributed by atoms with Crippen LogP contribution >= 0.6 is 0 Å². The highest BCUT2D eigenvalue weighted by atomic mass is 16.5. The van der Waals surface area contributed by atoms with Gasteiger partial charge in [0.1, 0.15) is 5.75 Å². The minimum absolute atomic E-state index is 0.372. The van der Waals surface area contributed by atoms with Gasteiger partial charge in [-0.25, -0.2) is 4.79 Å². The number of nitrogen functional groups attached to an aromatic ring is 1. The van der Waals surface area contributed by atoms with Gasteiger partial charge in [-0.05, 0) is 37.0 Å². The molecule has 0 atom stereocenters. The van der Waals surface area contributed by atoms with Gasteiger partial charge in [-0.2, -0.15) is 0 Å². The molecule has 0 heterocycles. The van der Waals surface area contributed by atoms with E-state index in [0.29, 0.717) is 29.5 Å². The van der Waals surface area contributed by atoms with E-state index < -0.39 is 0 Å². The zero-order chi connectivity index (χ0) is 11.5. The molecule has 1 fully saturated rings. The number of esters is 1. The van der Waals surface area contributed by atoms with Gasteiger partial charge in [0.2, 0.25) is 0 Å². The second-order valence-electron chi connectivity index (χ2n) is 4.00. The van der Waals surface area contributed by atoms with Crippen LogP contribution in [-0.4, -0.2) is 19.7 Å². The molecule has 16 heavy (non-hydrogen) atoms. The average molecular weight is 221 g/mol.